The first-order valence-corrected chi connectivity index (χ1v) is 5.30. The maximum atomic E-state index is 3.27. The van der Waals surface area contributed by atoms with Crippen molar-refractivity contribution in [2.75, 3.05) is 6.54 Å². The molecule has 1 N–H and O–H groups in total. The molecule has 1 saturated carbocycles. The van der Waals surface area contributed by atoms with Gasteiger partial charge in [0.15, 0.2) is 0 Å². The highest BCUT2D eigenvalue weighted by Gasteiger charge is 2.41. The molecule has 2 atom stereocenters. The summed E-state index contributed by atoms with van der Waals surface area (Å²) in [5.74, 6) is 1.04. The maximum absolute atomic E-state index is 3.27. The fourth-order valence-corrected chi connectivity index (χ4v) is 2.88. The lowest BCUT2D eigenvalue weighted by Crippen LogP contribution is -2.52. The number of nitrogens with zero attached hydrogens (tertiary/aromatic N) is 1. The summed E-state index contributed by atoms with van der Waals surface area (Å²) in [6, 6.07) is 5.19. The molecule has 2 nitrogen and oxygen atoms in total. The minimum Gasteiger partial charge on any atom is -0.364 e. The van der Waals surface area contributed by atoms with Gasteiger partial charge in [0.05, 0.1) is 0 Å². The number of likely N-dealkylation sites (tertiary alicyclic amines) is 1. The molecule has 2 fully saturated rings. The van der Waals surface area contributed by atoms with Crippen molar-refractivity contribution < 1.29 is 0 Å². The van der Waals surface area contributed by atoms with Crippen molar-refractivity contribution >= 4 is 0 Å². The zero-order valence-corrected chi connectivity index (χ0v) is 7.87. The van der Waals surface area contributed by atoms with Crippen LogP contribution < -0.4 is 0 Å². The van der Waals surface area contributed by atoms with Crippen molar-refractivity contribution in [2.24, 2.45) is 5.92 Å². The molecule has 13 heavy (non-hydrogen) atoms. The molecule has 0 spiro atoms. The van der Waals surface area contributed by atoms with Gasteiger partial charge in [0.1, 0.15) is 0 Å². The second-order valence-corrected chi connectivity index (χ2v) is 4.38. The van der Waals surface area contributed by atoms with E-state index in [4.69, 9.17) is 0 Å². The molecule has 1 aromatic heterocycles. The number of fused-ring (bicyclic) bond motifs is 1. The van der Waals surface area contributed by atoms with Crippen LogP contribution in [0.5, 0.6) is 0 Å². The van der Waals surface area contributed by atoms with Gasteiger partial charge in [-0.3, -0.25) is 4.90 Å². The molecule has 1 aliphatic heterocycles. The molecule has 1 aromatic rings. The first kappa shape index (κ1) is 7.63. The maximum Gasteiger partial charge on any atom is 0.0388 e. The van der Waals surface area contributed by atoms with Crippen LogP contribution in [0, 0.1) is 5.92 Å². The fraction of sp³-hybridized carbons (Fsp3) is 0.636. The first-order chi connectivity index (χ1) is 6.43. The third-order valence-corrected chi connectivity index (χ3v) is 3.59. The molecule has 1 aliphatic carbocycles. The molecule has 0 radical (unpaired) electrons. The van der Waals surface area contributed by atoms with Crippen molar-refractivity contribution in [3.8, 4) is 0 Å². The van der Waals surface area contributed by atoms with Gasteiger partial charge in [-0.05, 0) is 30.9 Å². The summed E-state index contributed by atoms with van der Waals surface area (Å²) < 4.78 is 0. The first-order valence-electron chi connectivity index (χ1n) is 5.30. The molecule has 2 aliphatic rings. The molecule has 0 bridgehead atoms. The van der Waals surface area contributed by atoms with E-state index in [0.717, 1.165) is 18.5 Å². The number of H-pyrrole nitrogens is 1. The Labute approximate surface area is 78.9 Å². The van der Waals surface area contributed by atoms with Gasteiger partial charge in [-0.1, -0.05) is 6.42 Å². The Morgan fingerprint density at radius 2 is 2.46 bits per heavy atom. The van der Waals surface area contributed by atoms with Crippen LogP contribution in [0.3, 0.4) is 0 Å². The monoisotopic (exact) mass is 176 g/mol. The van der Waals surface area contributed by atoms with Gasteiger partial charge in [-0.2, -0.15) is 0 Å². The topological polar surface area (TPSA) is 19.0 Å². The molecule has 2 heteroatoms. The van der Waals surface area contributed by atoms with E-state index in [-0.39, 0.29) is 0 Å². The summed E-state index contributed by atoms with van der Waals surface area (Å²) in [4.78, 5) is 5.89. The highest BCUT2D eigenvalue weighted by Crippen LogP contribution is 2.39. The van der Waals surface area contributed by atoms with Crippen LogP contribution in [0.25, 0.3) is 0 Å². The normalized spacial score (nSPS) is 32.9. The van der Waals surface area contributed by atoms with Gasteiger partial charge in [0.25, 0.3) is 0 Å². The van der Waals surface area contributed by atoms with Crippen LogP contribution in [-0.2, 0) is 6.54 Å². The summed E-state index contributed by atoms with van der Waals surface area (Å²) in [6.07, 6.45) is 6.38. The second kappa shape index (κ2) is 2.88. The lowest BCUT2D eigenvalue weighted by Gasteiger charge is -2.44. The van der Waals surface area contributed by atoms with E-state index in [2.05, 4.69) is 22.0 Å². The SMILES string of the molecule is c1c[nH]c(CN2CC3CCCC32)c1. The van der Waals surface area contributed by atoms with Crippen LogP contribution in [0.4, 0.5) is 0 Å². The van der Waals surface area contributed by atoms with Crippen molar-refractivity contribution in [1.82, 2.24) is 9.88 Å². The van der Waals surface area contributed by atoms with Gasteiger partial charge >= 0.3 is 0 Å². The summed E-state index contributed by atoms with van der Waals surface area (Å²) in [5.41, 5.74) is 1.37. The lowest BCUT2D eigenvalue weighted by molar-refractivity contribution is 0.0295. The Bertz CT molecular complexity index is 278. The summed E-state index contributed by atoms with van der Waals surface area (Å²) in [5, 5.41) is 0. The van der Waals surface area contributed by atoms with Gasteiger partial charge < -0.3 is 4.98 Å². The number of aromatic amines is 1. The Morgan fingerprint density at radius 1 is 1.46 bits per heavy atom. The van der Waals surface area contributed by atoms with E-state index in [1.54, 1.807) is 0 Å². The van der Waals surface area contributed by atoms with E-state index in [1.807, 2.05) is 6.20 Å². The van der Waals surface area contributed by atoms with Crippen molar-refractivity contribution in [3.05, 3.63) is 24.0 Å². The number of nitrogens with one attached hydrogen (secondary N) is 1. The van der Waals surface area contributed by atoms with Gasteiger partial charge in [0, 0.05) is 31.0 Å². The second-order valence-electron chi connectivity index (χ2n) is 4.38. The van der Waals surface area contributed by atoms with Crippen LogP contribution >= 0.6 is 0 Å². The van der Waals surface area contributed by atoms with Crippen LogP contribution in [-0.4, -0.2) is 22.5 Å². The standard InChI is InChI=1S/C11H16N2/c1-3-9-7-13(11(9)5-1)8-10-4-2-6-12-10/h2,4,6,9,11-12H,1,3,5,7-8H2. The molecule has 2 heterocycles. The Kier molecular flexibility index (Phi) is 1.69. The zero-order valence-electron chi connectivity index (χ0n) is 7.87. The van der Waals surface area contributed by atoms with E-state index in [1.165, 1.54) is 31.5 Å². The molecule has 70 valence electrons. The van der Waals surface area contributed by atoms with Crippen LogP contribution in [0.15, 0.2) is 18.3 Å². The minimum absolute atomic E-state index is 0.920. The summed E-state index contributed by atoms with van der Waals surface area (Å²) in [7, 11) is 0. The molecule has 3 rings (SSSR count). The molecule has 1 saturated heterocycles. The highest BCUT2D eigenvalue weighted by atomic mass is 15.2. The largest absolute Gasteiger partial charge is 0.364 e. The van der Waals surface area contributed by atoms with Crippen LogP contribution in [0.1, 0.15) is 25.0 Å². The predicted octanol–water partition coefficient (Wildman–Crippen LogP) is 2.00. The van der Waals surface area contributed by atoms with Gasteiger partial charge in [-0.25, -0.2) is 0 Å². The summed E-state index contributed by atoms with van der Waals surface area (Å²) >= 11 is 0. The van der Waals surface area contributed by atoms with Gasteiger partial charge in [0.2, 0.25) is 0 Å². The van der Waals surface area contributed by atoms with Crippen molar-refractivity contribution in [3.63, 3.8) is 0 Å². The molecule has 0 amide bonds. The van der Waals surface area contributed by atoms with Crippen molar-refractivity contribution in [2.45, 2.75) is 31.8 Å². The third-order valence-electron chi connectivity index (χ3n) is 3.59. The Morgan fingerprint density at radius 3 is 3.23 bits per heavy atom. The Balaban J connectivity index is 1.63. The zero-order chi connectivity index (χ0) is 8.67. The quantitative estimate of drug-likeness (QED) is 0.730. The number of aromatic nitrogens is 1. The van der Waals surface area contributed by atoms with E-state index in [9.17, 15) is 0 Å². The van der Waals surface area contributed by atoms with Crippen molar-refractivity contribution in [1.29, 1.82) is 0 Å². The van der Waals surface area contributed by atoms with E-state index < -0.39 is 0 Å². The number of rotatable bonds is 2. The van der Waals surface area contributed by atoms with E-state index in [0.29, 0.717) is 0 Å². The average Bonchev–Trinajstić information content (AvgIpc) is 2.69. The van der Waals surface area contributed by atoms with E-state index >= 15 is 0 Å². The smallest absolute Gasteiger partial charge is 0.0388 e. The predicted molar refractivity (Wildman–Crippen MR) is 52.3 cm³/mol. The number of hydrogen-bond donors (Lipinski definition) is 1. The minimum atomic E-state index is 0.920. The highest BCUT2D eigenvalue weighted by molar-refractivity contribution is 5.06. The average molecular weight is 176 g/mol. The van der Waals surface area contributed by atoms with Crippen LogP contribution in [0.2, 0.25) is 0 Å². The van der Waals surface area contributed by atoms with Gasteiger partial charge in [-0.15, -0.1) is 0 Å². The summed E-state index contributed by atoms with van der Waals surface area (Å²) in [6.45, 7) is 2.47. The molecular formula is C11H16N2. The molecule has 2 unspecified atom stereocenters. The third kappa shape index (κ3) is 1.20. The molecular weight excluding hydrogens is 160 g/mol. The number of hydrogen-bond acceptors (Lipinski definition) is 1. The fourth-order valence-electron chi connectivity index (χ4n) is 2.88. The molecule has 0 aromatic carbocycles. The Hall–Kier alpha value is -0.760. The lowest BCUT2D eigenvalue weighted by atomic mass is 9.92.